The van der Waals surface area contributed by atoms with Crippen LogP contribution in [0, 0.1) is 0 Å². The van der Waals surface area contributed by atoms with Crippen LogP contribution in [0.15, 0.2) is 51.1 Å². The minimum absolute atomic E-state index is 0.563. The van der Waals surface area contributed by atoms with Crippen LogP contribution in [0.25, 0.3) is 6.08 Å². The maximum absolute atomic E-state index is 5.57. The first kappa shape index (κ1) is 15.6. The van der Waals surface area contributed by atoms with E-state index in [0.29, 0.717) is 29.5 Å². The van der Waals surface area contributed by atoms with Crippen LogP contribution < -0.4 is 14.2 Å². The van der Waals surface area contributed by atoms with E-state index >= 15 is 0 Å². The molecule has 2 aromatic carbocycles. The van der Waals surface area contributed by atoms with Gasteiger partial charge in [0.05, 0.1) is 14.2 Å². The predicted molar refractivity (Wildman–Crippen MR) is 92.4 cm³/mol. The van der Waals surface area contributed by atoms with Crippen molar-refractivity contribution in [1.82, 2.24) is 0 Å². The molecule has 0 fully saturated rings. The highest BCUT2D eigenvalue weighted by atomic mass is 79.9. The lowest BCUT2D eigenvalue weighted by molar-refractivity contribution is 0.353. The second-order valence-electron chi connectivity index (χ2n) is 4.79. The Morgan fingerprint density at radius 2 is 1.74 bits per heavy atom. The Hall–Kier alpha value is -2.34. The molecule has 3 rings (SSSR count). The fourth-order valence-corrected chi connectivity index (χ4v) is 2.56. The van der Waals surface area contributed by atoms with Crippen molar-refractivity contribution >= 4 is 33.4 Å². The van der Waals surface area contributed by atoms with E-state index in [-0.39, 0.29) is 0 Å². The van der Waals surface area contributed by atoms with Crippen molar-refractivity contribution in [3.63, 3.8) is 0 Å². The number of ether oxygens (including phenoxy) is 3. The first-order valence-corrected chi connectivity index (χ1v) is 7.77. The molecule has 1 heterocycles. The number of azo groups is 1. The molecule has 5 nitrogen and oxygen atoms in total. The number of fused-ring (bicyclic) bond motifs is 1. The summed E-state index contributed by atoms with van der Waals surface area (Å²) in [5, 5.41) is 8.59. The van der Waals surface area contributed by atoms with Crippen molar-refractivity contribution in [2.24, 2.45) is 10.2 Å². The van der Waals surface area contributed by atoms with Gasteiger partial charge in [0.2, 0.25) is 0 Å². The van der Waals surface area contributed by atoms with Crippen molar-refractivity contribution in [2.75, 3.05) is 20.8 Å². The molecule has 0 amide bonds. The highest BCUT2D eigenvalue weighted by Crippen LogP contribution is 2.39. The lowest BCUT2D eigenvalue weighted by atomic mass is 10.1. The Bertz CT molecular complexity index is 788. The summed E-state index contributed by atoms with van der Waals surface area (Å²) in [5.41, 5.74) is 2.22. The van der Waals surface area contributed by atoms with Gasteiger partial charge in [-0.25, -0.2) is 0 Å². The van der Waals surface area contributed by atoms with Gasteiger partial charge in [0, 0.05) is 16.1 Å². The van der Waals surface area contributed by atoms with Gasteiger partial charge in [-0.3, -0.25) is 0 Å². The number of halogens is 1. The molecule has 0 aromatic heterocycles. The van der Waals surface area contributed by atoms with Gasteiger partial charge in [-0.15, -0.1) is 10.2 Å². The number of hydrogen-bond donors (Lipinski definition) is 0. The molecule has 0 N–H and O–H groups in total. The van der Waals surface area contributed by atoms with Gasteiger partial charge >= 0.3 is 0 Å². The minimum Gasteiger partial charge on any atom is -0.494 e. The van der Waals surface area contributed by atoms with Crippen molar-refractivity contribution in [3.05, 3.63) is 46.4 Å². The molecular formula is C17H15BrN2O3. The Labute approximate surface area is 142 Å². The monoisotopic (exact) mass is 374 g/mol. The van der Waals surface area contributed by atoms with E-state index in [1.54, 1.807) is 14.2 Å². The molecule has 0 unspecified atom stereocenters. The quantitative estimate of drug-likeness (QED) is 0.683. The van der Waals surface area contributed by atoms with Crippen LogP contribution in [0.1, 0.15) is 5.56 Å². The van der Waals surface area contributed by atoms with Crippen molar-refractivity contribution < 1.29 is 14.2 Å². The van der Waals surface area contributed by atoms with E-state index in [1.165, 1.54) is 0 Å². The van der Waals surface area contributed by atoms with Crippen molar-refractivity contribution in [3.8, 4) is 17.2 Å². The molecule has 1 aliphatic rings. The van der Waals surface area contributed by atoms with Crippen LogP contribution >= 0.6 is 15.9 Å². The van der Waals surface area contributed by atoms with E-state index in [0.717, 1.165) is 15.8 Å². The average Bonchev–Trinajstić information content (AvgIpc) is 2.59. The fourth-order valence-electron chi connectivity index (χ4n) is 2.22. The van der Waals surface area contributed by atoms with Gasteiger partial charge in [0.1, 0.15) is 35.2 Å². The molecule has 2 aromatic rings. The molecule has 0 radical (unpaired) electrons. The summed E-state index contributed by atoms with van der Waals surface area (Å²) >= 11 is 3.40. The fraction of sp³-hybridized carbons (Fsp3) is 0.176. The van der Waals surface area contributed by atoms with Crippen LogP contribution in [0.5, 0.6) is 17.2 Å². The highest BCUT2D eigenvalue weighted by Gasteiger charge is 2.12. The largest absolute Gasteiger partial charge is 0.494 e. The number of benzene rings is 2. The Kier molecular flexibility index (Phi) is 4.62. The molecule has 0 bridgehead atoms. The Morgan fingerprint density at radius 1 is 1.00 bits per heavy atom. The number of hydrogen-bond acceptors (Lipinski definition) is 5. The van der Waals surface area contributed by atoms with Crippen molar-refractivity contribution in [2.45, 2.75) is 0 Å². The third kappa shape index (κ3) is 3.37. The number of nitrogens with zero attached hydrogens (tertiary/aromatic N) is 2. The van der Waals surface area contributed by atoms with Crippen LogP contribution in [-0.4, -0.2) is 20.8 Å². The van der Waals surface area contributed by atoms with Gasteiger partial charge < -0.3 is 14.2 Å². The summed E-state index contributed by atoms with van der Waals surface area (Å²) in [6.07, 6.45) is 3.95. The van der Waals surface area contributed by atoms with Crippen LogP contribution in [0.3, 0.4) is 0 Å². The summed E-state index contributed by atoms with van der Waals surface area (Å²) in [5.74, 6) is 2.03. The van der Waals surface area contributed by atoms with E-state index < -0.39 is 0 Å². The van der Waals surface area contributed by atoms with Gasteiger partial charge in [0.15, 0.2) is 0 Å². The first-order valence-electron chi connectivity index (χ1n) is 6.98. The summed E-state index contributed by atoms with van der Waals surface area (Å²) in [6, 6.07) is 9.28. The zero-order valence-electron chi connectivity index (χ0n) is 12.7. The topological polar surface area (TPSA) is 52.4 Å². The third-order valence-corrected chi connectivity index (χ3v) is 3.84. The summed E-state index contributed by atoms with van der Waals surface area (Å²) in [7, 11) is 3.20. The minimum atomic E-state index is 0.563. The molecule has 0 saturated carbocycles. The van der Waals surface area contributed by atoms with Crippen LogP contribution in [0.4, 0.5) is 11.4 Å². The lowest BCUT2D eigenvalue weighted by Crippen LogP contribution is -2.00. The molecule has 0 atom stereocenters. The van der Waals surface area contributed by atoms with Crippen LogP contribution in [0.2, 0.25) is 0 Å². The molecule has 0 spiro atoms. The molecule has 0 saturated heterocycles. The zero-order valence-corrected chi connectivity index (χ0v) is 14.3. The smallest absolute Gasteiger partial charge is 0.150 e. The molecule has 118 valence electrons. The van der Waals surface area contributed by atoms with Crippen LogP contribution in [-0.2, 0) is 0 Å². The van der Waals surface area contributed by atoms with E-state index in [4.69, 9.17) is 14.2 Å². The zero-order chi connectivity index (χ0) is 16.2. The van der Waals surface area contributed by atoms with Gasteiger partial charge in [-0.05, 0) is 30.3 Å². The molecule has 6 heteroatoms. The lowest BCUT2D eigenvalue weighted by Gasteiger charge is -2.14. The first-order chi connectivity index (χ1) is 11.2. The average molecular weight is 375 g/mol. The Balaban J connectivity index is 1.98. The Morgan fingerprint density at radius 3 is 2.52 bits per heavy atom. The SMILES string of the molecule is COc1cc(Br)ccc1/N=N/c1cc2c(cc1OC)OCC=C2. The molecule has 23 heavy (non-hydrogen) atoms. The van der Waals surface area contributed by atoms with E-state index in [1.807, 2.05) is 42.5 Å². The second-order valence-corrected chi connectivity index (χ2v) is 5.71. The maximum Gasteiger partial charge on any atom is 0.150 e. The van der Waals surface area contributed by atoms with Gasteiger partial charge in [-0.2, -0.15) is 0 Å². The molecule has 0 aliphatic carbocycles. The predicted octanol–water partition coefficient (Wildman–Crippen LogP) is 5.29. The molecular weight excluding hydrogens is 360 g/mol. The normalized spacial score (nSPS) is 12.8. The third-order valence-electron chi connectivity index (χ3n) is 3.35. The summed E-state index contributed by atoms with van der Waals surface area (Å²) in [4.78, 5) is 0. The molecule has 1 aliphatic heterocycles. The van der Waals surface area contributed by atoms with E-state index in [9.17, 15) is 0 Å². The summed E-state index contributed by atoms with van der Waals surface area (Å²) in [6.45, 7) is 0.563. The standard InChI is InChI=1S/C17H15BrN2O3/c1-21-16-9-12(18)5-6-13(16)19-20-14-8-11-4-3-7-23-15(11)10-17(14)22-2/h3-6,8-10H,7H2,1-2H3/b20-19+. The highest BCUT2D eigenvalue weighted by molar-refractivity contribution is 9.10. The van der Waals surface area contributed by atoms with Gasteiger partial charge in [0.25, 0.3) is 0 Å². The number of methoxy groups -OCH3 is 2. The van der Waals surface area contributed by atoms with Crippen molar-refractivity contribution in [1.29, 1.82) is 0 Å². The maximum atomic E-state index is 5.57. The van der Waals surface area contributed by atoms with Gasteiger partial charge in [-0.1, -0.05) is 22.0 Å². The number of rotatable bonds is 4. The van der Waals surface area contributed by atoms with E-state index in [2.05, 4.69) is 26.2 Å². The second kappa shape index (κ2) is 6.83. The summed E-state index contributed by atoms with van der Waals surface area (Å²) < 4.78 is 17.2.